The van der Waals surface area contributed by atoms with Gasteiger partial charge in [-0.2, -0.15) is 0 Å². The summed E-state index contributed by atoms with van der Waals surface area (Å²) in [4.78, 5) is 27.3. The summed E-state index contributed by atoms with van der Waals surface area (Å²) >= 11 is 0. The number of nitrogens with zero attached hydrogens (tertiary/aromatic N) is 1. The van der Waals surface area contributed by atoms with Gasteiger partial charge in [-0.25, -0.2) is 4.90 Å². The second kappa shape index (κ2) is 3.21. The van der Waals surface area contributed by atoms with Gasteiger partial charge < -0.3 is 10.7 Å². The number of nitrogen functional groups attached to an aromatic ring is 1. The first-order valence-electron chi connectivity index (χ1n) is 5.09. The molecule has 2 aromatic rings. The summed E-state index contributed by atoms with van der Waals surface area (Å²) in [6.45, 7) is 0. The number of H-pyrrole nitrogens is 1. The van der Waals surface area contributed by atoms with E-state index in [4.69, 9.17) is 5.73 Å². The summed E-state index contributed by atoms with van der Waals surface area (Å²) in [5.74, 6) is -0.670. The van der Waals surface area contributed by atoms with Crippen LogP contribution in [0.15, 0.2) is 36.5 Å². The predicted molar refractivity (Wildman–Crippen MR) is 64.3 cm³/mol. The van der Waals surface area contributed by atoms with Gasteiger partial charge in [0.25, 0.3) is 11.8 Å². The number of fused-ring (bicyclic) bond motifs is 1. The number of amides is 2. The molecule has 5 nitrogen and oxygen atoms in total. The molecule has 84 valence electrons. The maximum Gasteiger partial charge on any atom is 0.258 e. The number of hydrogen-bond acceptors (Lipinski definition) is 3. The summed E-state index contributed by atoms with van der Waals surface area (Å²) in [6.07, 6.45) is 4.15. The molecule has 1 aromatic heterocycles. The van der Waals surface area contributed by atoms with Crippen LogP contribution in [-0.4, -0.2) is 16.8 Å². The number of benzene rings is 1. The van der Waals surface area contributed by atoms with Crippen LogP contribution in [0, 0.1) is 0 Å². The number of nitrogens with two attached hydrogens (primary N) is 1. The summed E-state index contributed by atoms with van der Waals surface area (Å²) in [7, 11) is 0. The molecule has 0 aliphatic carbocycles. The van der Waals surface area contributed by atoms with Gasteiger partial charge >= 0.3 is 0 Å². The number of rotatable bonds is 1. The quantitative estimate of drug-likeness (QED) is 0.567. The first-order valence-corrected chi connectivity index (χ1v) is 5.09. The van der Waals surface area contributed by atoms with E-state index in [0.717, 1.165) is 15.8 Å². The van der Waals surface area contributed by atoms with Crippen molar-refractivity contribution in [3.8, 4) is 0 Å². The smallest absolute Gasteiger partial charge is 0.258 e. The Bertz CT molecular complexity index is 651. The summed E-state index contributed by atoms with van der Waals surface area (Å²) in [5.41, 5.74) is 7.66. The molecule has 3 rings (SSSR count). The Morgan fingerprint density at radius 1 is 1.12 bits per heavy atom. The molecule has 2 heterocycles. The monoisotopic (exact) mass is 227 g/mol. The Labute approximate surface area is 96.5 Å². The molecule has 2 amide bonds. The maximum absolute atomic E-state index is 11.6. The largest absolute Gasteiger partial charge is 0.399 e. The zero-order valence-corrected chi connectivity index (χ0v) is 8.81. The summed E-state index contributed by atoms with van der Waals surface area (Å²) in [6, 6.07) is 5.31. The summed E-state index contributed by atoms with van der Waals surface area (Å²) in [5, 5.41) is 0.760. The molecule has 3 N–H and O–H groups in total. The molecule has 0 spiro atoms. The van der Waals surface area contributed by atoms with Crippen LogP contribution in [0.5, 0.6) is 0 Å². The van der Waals surface area contributed by atoms with Gasteiger partial charge in [-0.05, 0) is 18.2 Å². The molecule has 5 heteroatoms. The Kier molecular flexibility index (Phi) is 1.82. The molecule has 0 bridgehead atoms. The number of carbonyl (C=O) groups is 2. The second-order valence-corrected chi connectivity index (χ2v) is 3.82. The zero-order valence-electron chi connectivity index (χ0n) is 8.81. The number of anilines is 2. The van der Waals surface area contributed by atoms with Crippen molar-refractivity contribution < 1.29 is 9.59 Å². The SMILES string of the molecule is Nc1ccc2[nH]cc(N3C(=O)C=CC3=O)c2c1. The van der Waals surface area contributed by atoms with Gasteiger partial charge in [0, 0.05) is 34.9 Å². The van der Waals surface area contributed by atoms with Gasteiger partial charge in [0.15, 0.2) is 0 Å². The average Bonchev–Trinajstić information content (AvgIpc) is 2.83. The van der Waals surface area contributed by atoms with Crippen LogP contribution in [-0.2, 0) is 9.59 Å². The van der Waals surface area contributed by atoms with Crippen molar-refractivity contribution in [3.63, 3.8) is 0 Å². The molecule has 0 saturated carbocycles. The minimum absolute atomic E-state index is 0.335. The fourth-order valence-electron chi connectivity index (χ4n) is 1.95. The third kappa shape index (κ3) is 1.32. The molecule has 17 heavy (non-hydrogen) atoms. The first kappa shape index (κ1) is 9.65. The van der Waals surface area contributed by atoms with E-state index in [-0.39, 0.29) is 11.8 Å². The van der Waals surface area contributed by atoms with E-state index in [1.807, 2.05) is 6.07 Å². The maximum atomic E-state index is 11.6. The lowest BCUT2D eigenvalue weighted by Gasteiger charge is -2.12. The lowest BCUT2D eigenvalue weighted by atomic mass is 10.2. The normalized spacial score (nSPS) is 15.2. The van der Waals surface area contributed by atoms with Crippen LogP contribution >= 0.6 is 0 Å². The highest BCUT2D eigenvalue weighted by Gasteiger charge is 2.27. The van der Waals surface area contributed by atoms with Gasteiger partial charge in [0.05, 0.1) is 5.69 Å². The van der Waals surface area contributed by atoms with E-state index in [2.05, 4.69) is 4.98 Å². The van der Waals surface area contributed by atoms with Crippen LogP contribution in [0.4, 0.5) is 11.4 Å². The summed E-state index contributed by atoms with van der Waals surface area (Å²) < 4.78 is 0. The molecule has 0 saturated heterocycles. The number of carbonyl (C=O) groups excluding carboxylic acids is 2. The van der Waals surface area contributed by atoms with Gasteiger partial charge in [0.2, 0.25) is 0 Å². The van der Waals surface area contributed by atoms with Crippen LogP contribution in [0.1, 0.15) is 0 Å². The van der Waals surface area contributed by atoms with E-state index in [9.17, 15) is 9.59 Å². The number of hydrogen-bond donors (Lipinski definition) is 2. The van der Waals surface area contributed by atoms with E-state index in [0.29, 0.717) is 11.4 Å². The molecule has 1 aliphatic heterocycles. The highest BCUT2D eigenvalue weighted by atomic mass is 16.2. The van der Waals surface area contributed by atoms with Crippen molar-refractivity contribution in [1.82, 2.24) is 4.98 Å². The van der Waals surface area contributed by atoms with Crippen LogP contribution in [0.3, 0.4) is 0 Å². The van der Waals surface area contributed by atoms with Crippen molar-refractivity contribution in [2.24, 2.45) is 0 Å². The molecule has 1 aromatic carbocycles. The van der Waals surface area contributed by atoms with Gasteiger partial charge in [-0.15, -0.1) is 0 Å². The van der Waals surface area contributed by atoms with Gasteiger partial charge in [-0.3, -0.25) is 9.59 Å². The third-order valence-corrected chi connectivity index (χ3v) is 2.73. The Morgan fingerprint density at radius 2 is 1.82 bits per heavy atom. The van der Waals surface area contributed by atoms with E-state index < -0.39 is 0 Å². The number of aromatic amines is 1. The van der Waals surface area contributed by atoms with Crippen molar-refractivity contribution >= 4 is 34.1 Å². The molecular weight excluding hydrogens is 218 g/mol. The molecule has 0 radical (unpaired) electrons. The Hall–Kier alpha value is -2.56. The Morgan fingerprint density at radius 3 is 2.53 bits per heavy atom. The third-order valence-electron chi connectivity index (χ3n) is 2.73. The van der Waals surface area contributed by atoms with E-state index in [1.165, 1.54) is 12.2 Å². The highest BCUT2D eigenvalue weighted by Crippen LogP contribution is 2.30. The van der Waals surface area contributed by atoms with Gasteiger partial charge in [0.1, 0.15) is 0 Å². The van der Waals surface area contributed by atoms with Crippen molar-refractivity contribution in [1.29, 1.82) is 0 Å². The van der Waals surface area contributed by atoms with Crippen LogP contribution in [0.25, 0.3) is 10.9 Å². The van der Waals surface area contributed by atoms with Gasteiger partial charge in [-0.1, -0.05) is 0 Å². The molecule has 1 aliphatic rings. The lowest BCUT2D eigenvalue weighted by molar-refractivity contribution is -0.119. The topological polar surface area (TPSA) is 79.2 Å². The molecular formula is C12H9N3O2. The fourth-order valence-corrected chi connectivity index (χ4v) is 1.95. The molecule has 0 unspecified atom stereocenters. The number of nitrogens with one attached hydrogen (secondary N) is 1. The predicted octanol–water partition coefficient (Wildman–Crippen LogP) is 1.18. The van der Waals surface area contributed by atoms with E-state index in [1.54, 1.807) is 18.3 Å². The van der Waals surface area contributed by atoms with E-state index >= 15 is 0 Å². The van der Waals surface area contributed by atoms with Crippen LogP contribution in [0.2, 0.25) is 0 Å². The molecule has 0 fully saturated rings. The highest BCUT2D eigenvalue weighted by molar-refractivity contribution is 6.30. The minimum atomic E-state index is -0.335. The minimum Gasteiger partial charge on any atom is -0.399 e. The Balaban J connectivity index is 2.21. The second-order valence-electron chi connectivity index (χ2n) is 3.82. The van der Waals surface area contributed by atoms with Crippen LogP contribution < -0.4 is 10.6 Å². The number of imide groups is 1. The van der Waals surface area contributed by atoms with Crippen molar-refractivity contribution in [2.45, 2.75) is 0 Å². The zero-order chi connectivity index (χ0) is 12.0. The fraction of sp³-hybridized carbons (Fsp3) is 0. The van der Waals surface area contributed by atoms with Crippen molar-refractivity contribution in [2.75, 3.05) is 10.6 Å². The number of aromatic nitrogens is 1. The lowest BCUT2D eigenvalue weighted by Crippen LogP contribution is -2.29. The standard InChI is InChI=1S/C12H9N3O2/c13-7-1-2-9-8(5-7)10(6-14-9)15-11(16)3-4-12(15)17/h1-6,14H,13H2. The van der Waals surface area contributed by atoms with Crippen molar-refractivity contribution in [3.05, 3.63) is 36.5 Å². The first-order chi connectivity index (χ1) is 8.16. The average molecular weight is 227 g/mol. The molecule has 0 atom stereocenters.